The van der Waals surface area contributed by atoms with E-state index in [0.717, 1.165) is 76.4 Å². The molecule has 7 nitrogen and oxygen atoms in total. The van der Waals surface area contributed by atoms with Crippen LogP contribution in [0.5, 0.6) is 0 Å². The number of aliphatic imine (C=N–C) groups is 2. The van der Waals surface area contributed by atoms with Crippen LogP contribution in [0.3, 0.4) is 0 Å². The molecule has 2 N–H and O–H groups in total. The van der Waals surface area contributed by atoms with Crippen molar-refractivity contribution in [2.45, 2.75) is 82.8 Å². The summed E-state index contributed by atoms with van der Waals surface area (Å²) in [6.45, 7) is 7.51. The molecule has 1 saturated heterocycles. The van der Waals surface area contributed by atoms with Crippen molar-refractivity contribution >= 4 is 23.1 Å². The summed E-state index contributed by atoms with van der Waals surface area (Å²) in [7, 11) is 0. The molecule has 33 heavy (non-hydrogen) atoms. The van der Waals surface area contributed by atoms with Gasteiger partial charge in [-0.25, -0.2) is 9.98 Å². The molecular formula is C25H40N4O3S. The molecule has 2 fully saturated rings. The first kappa shape index (κ1) is 23.9. The number of hydrogen-bond acceptors (Lipinski definition) is 8. The normalized spacial score (nSPS) is 37.8. The first-order chi connectivity index (χ1) is 16.2. The highest BCUT2D eigenvalue weighted by atomic mass is 32.2. The van der Waals surface area contributed by atoms with Gasteiger partial charge in [0.15, 0.2) is 6.23 Å². The molecule has 0 aromatic rings. The molecule has 5 aliphatic rings. The van der Waals surface area contributed by atoms with Gasteiger partial charge < -0.3 is 19.9 Å². The summed E-state index contributed by atoms with van der Waals surface area (Å²) in [5, 5.41) is 15.0. The zero-order valence-electron chi connectivity index (χ0n) is 20.0. The highest BCUT2D eigenvalue weighted by molar-refractivity contribution is 8.17. The van der Waals surface area contributed by atoms with E-state index in [1.54, 1.807) is 6.34 Å². The fraction of sp³-hybridized carbons (Fsp3) is 0.840. The number of likely N-dealkylation sites (N-methyl/N-ethyl adjacent to an activating group) is 1. The van der Waals surface area contributed by atoms with Crippen molar-refractivity contribution in [1.82, 2.24) is 10.2 Å². The summed E-state index contributed by atoms with van der Waals surface area (Å²) in [5.74, 6) is 0.454. The average Bonchev–Trinajstić information content (AvgIpc) is 3.11. The number of rotatable bonds is 8. The highest BCUT2D eigenvalue weighted by Gasteiger charge is 2.52. The Morgan fingerprint density at radius 3 is 2.88 bits per heavy atom. The topological polar surface area (TPSA) is 78.7 Å². The van der Waals surface area contributed by atoms with Crippen LogP contribution in [0.1, 0.15) is 58.3 Å². The van der Waals surface area contributed by atoms with Crippen molar-refractivity contribution < 1.29 is 14.6 Å². The number of ether oxygens (including phenoxy) is 2. The van der Waals surface area contributed by atoms with Gasteiger partial charge >= 0.3 is 0 Å². The average molecular weight is 477 g/mol. The van der Waals surface area contributed by atoms with Gasteiger partial charge in [-0.15, -0.1) is 0 Å². The minimum absolute atomic E-state index is 0.188. The Morgan fingerprint density at radius 1 is 1.27 bits per heavy atom. The maximum Gasteiger partial charge on any atom is 0.165 e. The third-order valence-corrected chi connectivity index (χ3v) is 9.31. The fourth-order valence-corrected chi connectivity index (χ4v) is 7.58. The number of nitrogens with zero attached hydrogens (tertiary/aromatic N) is 3. The fourth-order valence-electron chi connectivity index (χ4n) is 6.30. The lowest BCUT2D eigenvalue weighted by molar-refractivity contribution is -0.0753. The van der Waals surface area contributed by atoms with Gasteiger partial charge in [-0.1, -0.05) is 24.8 Å². The van der Waals surface area contributed by atoms with Crippen LogP contribution < -0.4 is 5.32 Å². The highest BCUT2D eigenvalue weighted by Crippen LogP contribution is 2.55. The number of nitrogens with one attached hydrogen (secondary N) is 1. The zero-order valence-corrected chi connectivity index (χ0v) is 20.8. The first-order valence-electron chi connectivity index (χ1n) is 13.0. The van der Waals surface area contributed by atoms with E-state index in [1.807, 2.05) is 11.8 Å². The molecule has 0 aromatic carbocycles. The third kappa shape index (κ3) is 5.41. The molecule has 3 heterocycles. The summed E-state index contributed by atoms with van der Waals surface area (Å²) in [6, 6.07) is 0.674. The van der Waals surface area contributed by atoms with Crippen LogP contribution in [0, 0.1) is 11.3 Å². The van der Waals surface area contributed by atoms with Gasteiger partial charge in [-0.2, -0.15) is 0 Å². The van der Waals surface area contributed by atoms with Gasteiger partial charge in [0.1, 0.15) is 6.34 Å². The molecular weight excluding hydrogens is 436 g/mol. The Hall–Kier alpha value is -0.770. The van der Waals surface area contributed by atoms with Crippen LogP contribution in [0.25, 0.3) is 0 Å². The smallest absolute Gasteiger partial charge is 0.165 e. The summed E-state index contributed by atoms with van der Waals surface area (Å²) < 4.78 is 12.3. The van der Waals surface area contributed by atoms with Crippen LogP contribution >= 0.6 is 11.8 Å². The monoisotopic (exact) mass is 476 g/mol. The molecule has 0 aromatic heterocycles. The lowest BCUT2D eigenvalue weighted by Crippen LogP contribution is -2.47. The van der Waals surface area contributed by atoms with Crippen LogP contribution in [0.15, 0.2) is 21.0 Å². The molecule has 0 radical (unpaired) electrons. The second-order valence-corrected chi connectivity index (χ2v) is 11.4. The van der Waals surface area contributed by atoms with Crippen molar-refractivity contribution in [3.8, 4) is 0 Å². The standard InChI is InChI=1S/C25H40N4O3S/c1-2-26-16-20(30)13-18-3-8-22-15-25(14-18)23(27-17-28-24(25)33-22)32-21-6-4-19(5-7-21)29-9-11-31-12-10-29/h15,17-21,23,26,30H,2-14,16H2,1H3. The quantitative estimate of drug-likeness (QED) is 0.560. The SMILES string of the molecule is CCNCC(O)CC1CCC2=CC3(C1)C(=NC=NC3OC1CCC(N3CCOCC3)CC1)S2. The van der Waals surface area contributed by atoms with Crippen LogP contribution in [-0.4, -0.2) is 85.3 Å². The second-order valence-electron chi connectivity index (χ2n) is 10.3. The van der Waals surface area contributed by atoms with Gasteiger partial charge in [0, 0.05) is 25.7 Å². The Balaban J connectivity index is 1.22. The van der Waals surface area contributed by atoms with E-state index in [9.17, 15) is 5.11 Å². The Kier molecular flexibility index (Phi) is 7.89. The van der Waals surface area contributed by atoms with Crippen molar-refractivity contribution in [3.05, 3.63) is 11.0 Å². The molecule has 4 unspecified atom stereocenters. The number of morpholine rings is 1. The number of hydrogen-bond donors (Lipinski definition) is 2. The van der Waals surface area contributed by atoms with E-state index in [4.69, 9.17) is 19.5 Å². The number of aliphatic hydroxyl groups excluding tert-OH is 1. The minimum Gasteiger partial charge on any atom is -0.392 e. The Labute approximate surface area is 202 Å². The van der Waals surface area contributed by atoms with E-state index < -0.39 is 0 Å². The van der Waals surface area contributed by atoms with E-state index >= 15 is 0 Å². The third-order valence-electron chi connectivity index (χ3n) is 8.05. The molecule has 4 atom stereocenters. The van der Waals surface area contributed by atoms with E-state index in [0.29, 0.717) is 18.5 Å². The molecule has 3 aliphatic heterocycles. The number of allylic oxidation sites excluding steroid dienone is 1. The van der Waals surface area contributed by atoms with E-state index in [-0.39, 0.29) is 23.9 Å². The van der Waals surface area contributed by atoms with Crippen molar-refractivity contribution in [2.24, 2.45) is 21.3 Å². The van der Waals surface area contributed by atoms with Gasteiger partial charge in [-0.3, -0.25) is 4.90 Å². The lowest BCUT2D eigenvalue weighted by Gasteiger charge is -2.42. The second kappa shape index (κ2) is 10.9. The Bertz CT molecular complexity index is 761. The summed E-state index contributed by atoms with van der Waals surface area (Å²) in [4.78, 5) is 13.5. The predicted octanol–water partition coefficient (Wildman–Crippen LogP) is 3.19. The summed E-state index contributed by atoms with van der Waals surface area (Å²) in [6.07, 6.45) is 12.5. The maximum atomic E-state index is 10.6. The van der Waals surface area contributed by atoms with Crippen LogP contribution in [-0.2, 0) is 9.47 Å². The summed E-state index contributed by atoms with van der Waals surface area (Å²) in [5.41, 5.74) is -0.241. The van der Waals surface area contributed by atoms with Crippen molar-refractivity contribution in [3.63, 3.8) is 0 Å². The van der Waals surface area contributed by atoms with Gasteiger partial charge in [0.05, 0.1) is 35.9 Å². The van der Waals surface area contributed by atoms with Crippen LogP contribution in [0.4, 0.5) is 0 Å². The lowest BCUT2D eigenvalue weighted by atomic mass is 9.76. The molecule has 8 heteroatoms. The zero-order chi connectivity index (χ0) is 22.7. The number of thioether (sulfide) groups is 1. The first-order valence-corrected chi connectivity index (χ1v) is 13.8. The van der Waals surface area contributed by atoms with Gasteiger partial charge in [-0.05, 0) is 68.7 Å². The Morgan fingerprint density at radius 2 is 2.09 bits per heavy atom. The van der Waals surface area contributed by atoms with Crippen molar-refractivity contribution in [1.29, 1.82) is 0 Å². The van der Waals surface area contributed by atoms with Gasteiger partial charge in [0.25, 0.3) is 0 Å². The molecule has 1 spiro atoms. The summed E-state index contributed by atoms with van der Waals surface area (Å²) >= 11 is 1.84. The molecule has 2 aliphatic carbocycles. The molecule has 184 valence electrons. The van der Waals surface area contributed by atoms with E-state index in [1.165, 1.54) is 17.7 Å². The maximum absolute atomic E-state index is 10.6. The van der Waals surface area contributed by atoms with E-state index in [2.05, 4.69) is 23.2 Å². The van der Waals surface area contributed by atoms with Crippen LogP contribution in [0.2, 0.25) is 0 Å². The molecule has 2 bridgehead atoms. The molecule has 1 saturated carbocycles. The van der Waals surface area contributed by atoms with Crippen molar-refractivity contribution in [2.75, 3.05) is 39.4 Å². The largest absolute Gasteiger partial charge is 0.392 e. The molecule has 5 rings (SSSR count). The molecule has 0 amide bonds. The van der Waals surface area contributed by atoms with Gasteiger partial charge in [0.2, 0.25) is 0 Å². The number of aliphatic hydroxyl groups is 1. The predicted molar refractivity (Wildman–Crippen MR) is 134 cm³/mol. The minimum atomic E-state index is -0.303.